The Kier molecular flexibility index (Phi) is 1.09. The molecule has 0 unspecified atom stereocenters. The van der Waals surface area contributed by atoms with Gasteiger partial charge in [0.25, 0.3) is 0 Å². The van der Waals surface area contributed by atoms with Crippen LogP contribution in [0.15, 0.2) is 14.9 Å². The van der Waals surface area contributed by atoms with Crippen LogP contribution in [0.4, 0.5) is 0 Å². The molecule has 1 aliphatic heterocycles. The fourth-order valence-corrected chi connectivity index (χ4v) is 0.459. The summed E-state index contributed by atoms with van der Waals surface area (Å²) < 4.78 is 1.09. The standard InChI is InChI=1S/C3H2IN2/c4-3-1-5-6-2-3/h1-2H. The molecule has 1 radical (unpaired) electrons. The summed E-state index contributed by atoms with van der Waals surface area (Å²) in [4.78, 5) is 0. The van der Waals surface area contributed by atoms with Gasteiger partial charge in [0.15, 0.2) is 0 Å². The Balaban J connectivity index is 2.68. The summed E-state index contributed by atoms with van der Waals surface area (Å²) in [6, 6.07) is 0. The van der Waals surface area contributed by atoms with Gasteiger partial charge in [-0.15, -0.1) is 0 Å². The van der Waals surface area contributed by atoms with Crippen LogP contribution in [-0.2, 0) is 0 Å². The summed E-state index contributed by atoms with van der Waals surface area (Å²) in [5.41, 5.74) is 3.56. The topological polar surface area (TPSA) is 26.5 Å². The van der Waals surface area contributed by atoms with Crippen molar-refractivity contribution >= 4 is 28.8 Å². The van der Waals surface area contributed by atoms with Crippen molar-refractivity contribution in [3.63, 3.8) is 0 Å². The van der Waals surface area contributed by atoms with Crippen LogP contribution in [0.1, 0.15) is 0 Å². The first-order chi connectivity index (χ1) is 2.89. The lowest BCUT2D eigenvalue weighted by atomic mass is 10.7. The van der Waals surface area contributed by atoms with E-state index in [1.165, 1.54) is 0 Å². The van der Waals surface area contributed by atoms with Crippen molar-refractivity contribution in [2.75, 3.05) is 0 Å². The highest BCUT2D eigenvalue weighted by molar-refractivity contribution is 14.1. The van der Waals surface area contributed by atoms with E-state index in [0.717, 1.165) is 3.58 Å². The van der Waals surface area contributed by atoms with E-state index in [1.807, 2.05) is 0 Å². The second-order valence-electron chi connectivity index (χ2n) is 0.874. The Morgan fingerprint density at radius 2 is 2.50 bits per heavy atom. The molecule has 6 heavy (non-hydrogen) atoms. The highest BCUT2D eigenvalue weighted by atomic mass is 127. The first-order valence-corrected chi connectivity index (χ1v) is 2.56. The maximum absolute atomic E-state index is 3.56. The van der Waals surface area contributed by atoms with Gasteiger partial charge in [-0.3, -0.25) is 0 Å². The molecule has 0 saturated heterocycles. The van der Waals surface area contributed by atoms with Gasteiger partial charge in [0.05, 0.1) is 16.0 Å². The summed E-state index contributed by atoms with van der Waals surface area (Å²) in [6.07, 6.45) is 3.42. The third kappa shape index (κ3) is 0.707. The molecule has 2 nitrogen and oxygen atoms in total. The molecular formula is C3H2IN2. The van der Waals surface area contributed by atoms with Crippen molar-refractivity contribution in [3.05, 3.63) is 9.78 Å². The molecule has 0 bridgehead atoms. The van der Waals surface area contributed by atoms with E-state index in [1.54, 1.807) is 12.4 Å². The maximum Gasteiger partial charge on any atom is 0.0645 e. The second-order valence-corrected chi connectivity index (χ2v) is 2.12. The minimum absolute atomic E-state index is 1.09. The van der Waals surface area contributed by atoms with Crippen LogP contribution in [0.25, 0.3) is 0 Å². The van der Waals surface area contributed by atoms with E-state index in [0.29, 0.717) is 0 Å². The lowest BCUT2D eigenvalue weighted by molar-refractivity contribution is 0.976. The fourth-order valence-electron chi connectivity index (χ4n) is 0.210. The number of nitrogens with zero attached hydrogens (tertiary/aromatic N) is 2. The minimum atomic E-state index is 1.09. The van der Waals surface area contributed by atoms with Gasteiger partial charge >= 0.3 is 0 Å². The summed E-state index contributed by atoms with van der Waals surface area (Å²) in [5.74, 6) is 0. The molecular weight excluding hydrogens is 191 g/mol. The van der Waals surface area contributed by atoms with Crippen LogP contribution in [0.5, 0.6) is 0 Å². The molecule has 0 atom stereocenters. The van der Waals surface area contributed by atoms with Gasteiger partial charge < -0.3 is 0 Å². The van der Waals surface area contributed by atoms with E-state index in [4.69, 9.17) is 0 Å². The molecule has 0 saturated carbocycles. The highest BCUT2D eigenvalue weighted by Crippen LogP contribution is 2.03. The smallest absolute Gasteiger partial charge is 0.0645 e. The molecule has 0 N–H and O–H groups in total. The summed E-state index contributed by atoms with van der Waals surface area (Å²) in [7, 11) is 0. The molecule has 0 aromatic carbocycles. The average molecular weight is 193 g/mol. The lowest BCUT2D eigenvalue weighted by Gasteiger charge is -1.65. The summed E-state index contributed by atoms with van der Waals surface area (Å²) in [6.45, 7) is 0. The number of rotatable bonds is 0. The lowest BCUT2D eigenvalue weighted by Crippen LogP contribution is -1.69. The predicted octanol–water partition coefficient (Wildman–Crippen LogP) is 0.867. The van der Waals surface area contributed by atoms with Crippen molar-refractivity contribution in [2.24, 2.45) is 5.10 Å². The Bertz CT molecular complexity index is 103. The molecule has 1 aliphatic rings. The molecule has 0 amide bonds. The van der Waals surface area contributed by atoms with Crippen molar-refractivity contribution in [3.8, 4) is 0 Å². The zero-order valence-corrected chi connectivity index (χ0v) is 5.08. The zero-order chi connectivity index (χ0) is 4.41. The highest BCUT2D eigenvalue weighted by Gasteiger charge is 1.89. The van der Waals surface area contributed by atoms with E-state index in [2.05, 4.69) is 33.1 Å². The number of hydrogen-bond donors (Lipinski definition) is 0. The number of hydrogen-bond acceptors (Lipinski definition) is 1. The van der Waals surface area contributed by atoms with Gasteiger partial charge in [-0.2, -0.15) is 10.5 Å². The monoisotopic (exact) mass is 193 g/mol. The molecule has 0 aromatic heterocycles. The third-order valence-electron chi connectivity index (χ3n) is 0.429. The van der Waals surface area contributed by atoms with E-state index in [9.17, 15) is 0 Å². The van der Waals surface area contributed by atoms with Crippen LogP contribution >= 0.6 is 22.6 Å². The maximum atomic E-state index is 3.56. The summed E-state index contributed by atoms with van der Waals surface area (Å²) >= 11 is 2.15. The molecule has 0 spiro atoms. The molecule has 31 valence electrons. The van der Waals surface area contributed by atoms with Gasteiger partial charge in [-0.25, -0.2) is 0 Å². The second kappa shape index (κ2) is 1.59. The van der Waals surface area contributed by atoms with Gasteiger partial charge in [0.1, 0.15) is 0 Å². The Hall–Kier alpha value is -0.0600. The molecule has 0 aromatic rings. The van der Waals surface area contributed by atoms with E-state index in [-0.39, 0.29) is 0 Å². The molecule has 3 heteroatoms. The minimum Gasteiger partial charge on any atom is -0.158 e. The van der Waals surface area contributed by atoms with Crippen molar-refractivity contribution in [2.45, 2.75) is 0 Å². The Labute approximate surface area is 49.5 Å². The Morgan fingerprint density at radius 3 is 2.67 bits per heavy atom. The van der Waals surface area contributed by atoms with E-state index >= 15 is 0 Å². The zero-order valence-electron chi connectivity index (χ0n) is 2.93. The summed E-state index contributed by atoms with van der Waals surface area (Å²) in [5, 5.41) is 3.56. The Morgan fingerprint density at radius 1 is 1.67 bits per heavy atom. The van der Waals surface area contributed by atoms with Crippen molar-refractivity contribution in [1.82, 2.24) is 5.43 Å². The average Bonchev–Trinajstić information content (AvgIpc) is 1.86. The van der Waals surface area contributed by atoms with Gasteiger partial charge in [-0.05, 0) is 22.6 Å². The normalized spacial score (nSPS) is 17.2. The first kappa shape index (κ1) is 4.11. The molecule has 0 fully saturated rings. The number of halogens is 1. The van der Waals surface area contributed by atoms with Crippen LogP contribution in [0, 0.1) is 0 Å². The van der Waals surface area contributed by atoms with Crippen LogP contribution in [0.2, 0.25) is 0 Å². The fraction of sp³-hybridized carbons (Fsp3) is 0. The molecule has 0 aliphatic carbocycles. The molecule has 1 rings (SSSR count). The predicted molar refractivity (Wildman–Crippen MR) is 32.7 cm³/mol. The van der Waals surface area contributed by atoms with Gasteiger partial charge in [-0.1, -0.05) is 0 Å². The van der Waals surface area contributed by atoms with Crippen molar-refractivity contribution in [1.29, 1.82) is 0 Å². The largest absolute Gasteiger partial charge is 0.158 e. The van der Waals surface area contributed by atoms with Gasteiger partial charge in [0.2, 0.25) is 0 Å². The first-order valence-electron chi connectivity index (χ1n) is 1.48. The SMILES string of the molecule is IC1=C[N]N=C1. The van der Waals surface area contributed by atoms with Crippen LogP contribution in [-0.4, -0.2) is 6.21 Å². The molecule has 1 heterocycles. The number of allylic oxidation sites excluding steroid dienone is 1. The van der Waals surface area contributed by atoms with Crippen LogP contribution in [0.3, 0.4) is 0 Å². The van der Waals surface area contributed by atoms with Gasteiger partial charge in [0, 0.05) is 0 Å². The van der Waals surface area contributed by atoms with Crippen LogP contribution < -0.4 is 5.43 Å². The van der Waals surface area contributed by atoms with Crippen molar-refractivity contribution < 1.29 is 0 Å². The van der Waals surface area contributed by atoms with E-state index < -0.39 is 0 Å². The third-order valence-corrected chi connectivity index (χ3v) is 0.986. The quantitative estimate of drug-likeness (QED) is 0.510.